The lowest BCUT2D eigenvalue weighted by atomic mass is 9.96. The zero-order valence-corrected chi connectivity index (χ0v) is 15.5. The van der Waals surface area contributed by atoms with E-state index in [4.69, 9.17) is 4.74 Å². The quantitative estimate of drug-likeness (QED) is 0.902. The normalized spacial score (nSPS) is 27.2. The summed E-state index contributed by atoms with van der Waals surface area (Å²) in [4.78, 5) is 18.4. The standard InChI is InChI=1S/C19H28FN3O2/c1-12(13-7-14(20)11-21-10-13)22-15-8-16-5-6-17(9-15)23(16)18(24)25-19(2,3)4/h7,10-12,15-17,22H,5-6,8-9H2,1-4H3/t12-,15?,16-,17+/m1/s1. The number of fused-ring (bicyclic) bond motifs is 2. The van der Waals surface area contributed by atoms with E-state index in [-0.39, 0.29) is 30.0 Å². The molecule has 2 fully saturated rings. The van der Waals surface area contributed by atoms with Gasteiger partial charge in [-0.3, -0.25) is 4.98 Å². The Morgan fingerprint density at radius 3 is 2.52 bits per heavy atom. The van der Waals surface area contributed by atoms with Crippen molar-refractivity contribution in [2.45, 2.75) is 83.1 Å². The van der Waals surface area contributed by atoms with Gasteiger partial charge in [-0.15, -0.1) is 0 Å². The fourth-order valence-electron chi connectivity index (χ4n) is 4.04. The third-order valence-electron chi connectivity index (χ3n) is 5.05. The van der Waals surface area contributed by atoms with Gasteiger partial charge in [0.1, 0.15) is 11.4 Å². The summed E-state index contributed by atoms with van der Waals surface area (Å²) in [6, 6.07) is 2.32. The van der Waals surface area contributed by atoms with Crippen LogP contribution in [0.15, 0.2) is 18.5 Å². The number of piperidine rings is 1. The molecule has 1 unspecified atom stereocenters. The van der Waals surface area contributed by atoms with Gasteiger partial charge in [0, 0.05) is 30.4 Å². The van der Waals surface area contributed by atoms with E-state index < -0.39 is 5.60 Å². The molecular formula is C19H28FN3O2. The maximum atomic E-state index is 13.4. The molecule has 0 spiro atoms. The molecule has 0 radical (unpaired) electrons. The fourth-order valence-corrected chi connectivity index (χ4v) is 4.04. The number of nitrogens with one attached hydrogen (secondary N) is 1. The molecule has 2 bridgehead atoms. The molecule has 1 aromatic heterocycles. The van der Waals surface area contributed by atoms with Crippen LogP contribution < -0.4 is 5.32 Å². The van der Waals surface area contributed by atoms with E-state index in [1.807, 2.05) is 32.6 Å². The maximum absolute atomic E-state index is 13.4. The van der Waals surface area contributed by atoms with Crippen LogP contribution in [-0.2, 0) is 4.74 Å². The molecule has 1 N–H and O–H groups in total. The monoisotopic (exact) mass is 349 g/mol. The van der Waals surface area contributed by atoms with Gasteiger partial charge < -0.3 is 15.0 Å². The lowest BCUT2D eigenvalue weighted by Crippen LogP contribution is -2.52. The smallest absolute Gasteiger partial charge is 0.410 e. The molecule has 0 saturated carbocycles. The average Bonchev–Trinajstić information content (AvgIpc) is 2.77. The highest BCUT2D eigenvalue weighted by Gasteiger charge is 2.44. The molecule has 138 valence electrons. The zero-order chi connectivity index (χ0) is 18.2. The Morgan fingerprint density at radius 2 is 1.96 bits per heavy atom. The molecule has 3 rings (SSSR count). The molecule has 4 atom stereocenters. The van der Waals surface area contributed by atoms with Crippen LogP contribution in [0.25, 0.3) is 0 Å². The van der Waals surface area contributed by atoms with Crippen LogP contribution in [0, 0.1) is 5.82 Å². The highest BCUT2D eigenvalue weighted by atomic mass is 19.1. The Bertz CT molecular complexity index is 617. The number of carbonyl (C=O) groups is 1. The Balaban J connectivity index is 1.61. The van der Waals surface area contributed by atoms with Crippen LogP contribution in [0.1, 0.15) is 65.0 Å². The van der Waals surface area contributed by atoms with E-state index in [1.165, 1.54) is 12.3 Å². The van der Waals surface area contributed by atoms with Gasteiger partial charge in [-0.2, -0.15) is 0 Å². The van der Waals surface area contributed by atoms with Crippen molar-refractivity contribution < 1.29 is 13.9 Å². The summed E-state index contributed by atoms with van der Waals surface area (Å²) < 4.78 is 18.9. The van der Waals surface area contributed by atoms with E-state index in [9.17, 15) is 9.18 Å². The highest BCUT2D eigenvalue weighted by Crippen LogP contribution is 2.37. The minimum atomic E-state index is -0.468. The van der Waals surface area contributed by atoms with Crippen LogP contribution in [0.5, 0.6) is 0 Å². The number of halogens is 1. The van der Waals surface area contributed by atoms with Gasteiger partial charge >= 0.3 is 6.09 Å². The Morgan fingerprint density at radius 1 is 1.32 bits per heavy atom. The maximum Gasteiger partial charge on any atom is 0.410 e. The number of nitrogens with zero attached hydrogens (tertiary/aromatic N) is 2. The number of pyridine rings is 1. The SMILES string of the molecule is C[C@@H](NC1C[C@H]2CC[C@@H](C1)N2C(=O)OC(C)(C)C)c1cncc(F)c1. The first kappa shape index (κ1) is 18.1. The minimum Gasteiger partial charge on any atom is -0.444 e. The van der Waals surface area contributed by atoms with Crippen LogP contribution in [0.4, 0.5) is 9.18 Å². The third-order valence-corrected chi connectivity index (χ3v) is 5.05. The van der Waals surface area contributed by atoms with Crippen molar-refractivity contribution in [2.75, 3.05) is 0 Å². The third kappa shape index (κ3) is 4.29. The van der Waals surface area contributed by atoms with Crippen molar-refractivity contribution in [3.8, 4) is 0 Å². The van der Waals surface area contributed by atoms with E-state index in [0.29, 0.717) is 6.04 Å². The second kappa shape index (κ2) is 6.90. The van der Waals surface area contributed by atoms with E-state index in [0.717, 1.165) is 31.2 Å². The topological polar surface area (TPSA) is 54.5 Å². The molecular weight excluding hydrogens is 321 g/mol. The van der Waals surface area contributed by atoms with Crippen molar-refractivity contribution in [1.29, 1.82) is 0 Å². The van der Waals surface area contributed by atoms with Gasteiger partial charge in [0.2, 0.25) is 0 Å². The molecule has 5 nitrogen and oxygen atoms in total. The van der Waals surface area contributed by atoms with Crippen LogP contribution in [0.2, 0.25) is 0 Å². The molecule has 25 heavy (non-hydrogen) atoms. The molecule has 1 amide bonds. The number of hydrogen-bond acceptors (Lipinski definition) is 4. The summed E-state index contributed by atoms with van der Waals surface area (Å²) in [5.74, 6) is -0.314. The predicted molar refractivity (Wildman–Crippen MR) is 93.7 cm³/mol. The number of amides is 1. The summed E-state index contributed by atoms with van der Waals surface area (Å²) >= 11 is 0. The van der Waals surface area contributed by atoms with E-state index >= 15 is 0 Å². The van der Waals surface area contributed by atoms with Crippen molar-refractivity contribution in [3.63, 3.8) is 0 Å². The first-order valence-electron chi connectivity index (χ1n) is 9.11. The summed E-state index contributed by atoms with van der Waals surface area (Å²) in [5, 5.41) is 3.59. The fraction of sp³-hybridized carbons (Fsp3) is 0.684. The van der Waals surface area contributed by atoms with Crippen LogP contribution in [-0.4, -0.2) is 39.7 Å². The van der Waals surface area contributed by atoms with Crippen molar-refractivity contribution >= 4 is 6.09 Å². The number of carbonyl (C=O) groups excluding carboxylic acids is 1. The number of hydrogen-bond donors (Lipinski definition) is 1. The molecule has 3 heterocycles. The second-order valence-corrected chi connectivity index (χ2v) is 8.27. The van der Waals surface area contributed by atoms with Gasteiger partial charge in [-0.25, -0.2) is 9.18 Å². The first-order valence-corrected chi connectivity index (χ1v) is 9.11. The number of ether oxygens (including phenoxy) is 1. The largest absolute Gasteiger partial charge is 0.444 e. The van der Waals surface area contributed by atoms with Gasteiger partial charge in [-0.1, -0.05) is 0 Å². The van der Waals surface area contributed by atoms with Gasteiger partial charge in [0.05, 0.1) is 6.20 Å². The summed E-state index contributed by atoms with van der Waals surface area (Å²) in [6.45, 7) is 7.72. The lowest BCUT2D eigenvalue weighted by Gasteiger charge is -2.40. The molecule has 2 aliphatic heterocycles. The summed E-state index contributed by atoms with van der Waals surface area (Å²) in [7, 11) is 0. The lowest BCUT2D eigenvalue weighted by molar-refractivity contribution is 0.00434. The first-order chi connectivity index (χ1) is 11.7. The van der Waals surface area contributed by atoms with E-state index in [1.54, 1.807) is 6.20 Å². The number of aromatic nitrogens is 1. The van der Waals surface area contributed by atoms with Crippen LogP contribution >= 0.6 is 0 Å². The Labute approximate surface area is 148 Å². The van der Waals surface area contributed by atoms with Crippen molar-refractivity contribution in [2.24, 2.45) is 0 Å². The molecule has 6 heteroatoms. The highest BCUT2D eigenvalue weighted by molar-refractivity contribution is 5.69. The minimum absolute atomic E-state index is 0.0284. The second-order valence-electron chi connectivity index (χ2n) is 8.27. The summed E-state index contributed by atoms with van der Waals surface area (Å²) in [6.07, 6.45) is 6.59. The molecule has 0 aliphatic carbocycles. The molecule has 2 aliphatic rings. The average molecular weight is 349 g/mol. The number of rotatable bonds is 3. The molecule has 2 saturated heterocycles. The molecule has 0 aromatic carbocycles. The Kier molecular flexibility index (Phi) is 5.00. The van der Waals surface area contributed by atoms with Gasteiger partial charge in [0.25, 0.3) is 0 Å². The van der Waals surface area contributed by atoms with Gasteiger partial charge in [-0.05, 0) is 65.0 Å². The Hall–Kier alpha value is -1.69. The van der Waals surface area contributed by atoms with Gasteiger partial charge in [0.15, 0.2) is 0 Å². The van der Waals surface area contributed by atoms with Crippen molar-refractivity contribution in [3.05, 3.63) is 29.8 Å². The van der Waals surface area contributed by atoms with Crippen LogP contribution in [0.3, 0.4) is 0 Å². The molecule has 1 aromatic rings. The predicted octanol–water partition coefficient (Wildman–Crippen LogP) is 3.80. The van der Waals surface area contributed by atoms with E-state index in [2.05, 4.69) is 10.3 Å². The summed E-state index contributed by atoms with van der Waals surface area (Å²) in [5.41, 5.74) is 0.381. The zero-order valence-electron chi connectivity index (χ0n) is 15.5. The van der Waals surface area contributed by atoms with Crippen molar-refractivity contribution in [1.82, 2.24) is 15.2 Å².